The maximum absolute atomic E-state index is 11.6. The van der Waals surface area contributed by atoms with Crippen molar-refractivity contribution in [3.05, 3.63) is 23.9 Å². The fourth-order valence-corrected chi connectivity index (χ4v) is 2.35. The van der Waals surface area contributed by atoms with E-state index in [1.54, 1.807) is 0 Å². The Bertz CT molecular complexity index is 696. The van der Waals surface area contributed by atoms with Gasteiger partial charge in [0.15, 0.2) is 11.5 Å². The molecule has 0 radical (unpaired) electrons. The smallest absolute Gasteiger partial charge is 0.411 e. The molecule has 7 heteroatoms. The molecule has 1 aromatic heterocycles. The number of amides is 1. The summed E-state index contributed by atoms with van der Waals surface area (Å²) in [4.78, 5) is 11.6. The number of fused-ring (bicyclic) bond motifs is 1. The number of anilines is 1. The third-order valence-corrected chi connectivity index (χ3v) is 3.40. The van der Waals surface area contributed by atoms with Crippen LogP contribution in [0.4, 0.5) is 10.5 Å². The molecule has 3 rings (SSSR count). The van der Waals surface area contributed by atoms with Gasteiger partial charge in [-0.2, -0.15) is 5.10 Å². The first-order valence-electron chi connectivity index (χ1n) is 7.05. The van der Waals surface area contributed by atoms with Crippen LogP contribution < -0.4 is 14.8 Å². The first-order valence-corrected chi connectivity index (χ1v) is 7.05. The van der Waals surface area contributed by atoms with Gasteiger partial charge in [-0.25, -0.2) is 4.79 Å². The number of benzene rings is 1. The van der Waals surface area contributed by atoms with Crippen LogP contribution in [-0.4, -0.2) is 30.2 Å². The molecule has 2 N–H and O–H groups in total. The third kappa shape index (κ3) is 2.57. The molecular weight excluding hydrogens is 286 g/mol. The topological polar surface area (TPSA) is 85.5 Å². The number of aromatic amines is 1. The second-order valence-corrected chi connectivity index (χ2v) is 4.86. The number of hydrogen-bond donors (Lipinski definition) is 2. The van der Waals surface area contributed by atoms with E-state index in [-0.39, 0.29) is 6.79 Å². The van der Waals surface area contributed by atoms with Gasteiger partial charge in [-0.05, 0) is 24.6 Å². The van der Waals surface area contributed by atoms with Gasteiger partial charge in [0.25, 0.3) is 0 Å². The first kappa shape index (κ1) is 14.2. The molecule has 0 spiro atoms. The molecule has 116 valence electrons. The summed E-state index contributed by atoms with van der Waals surface area (Å²) >= 11 is 0. The second kappa shape index (κ2) is 5.97. The molecule has 0 saturated carbocycles. The van der Waals surface area contributed by atoms with Crippen molar-refractivity contribution in [2.45, 2.75) is 19.8 Å². The Kier molecular flexibility index (Phi) is 3.86. The molecule has 2 heterocycles. The predicted octanol–water partition coefficient (Wildman–Crippen LogP) is 2.94. The largest absolute Gasteiger partial charge is 0.454 e. The minimum atomic E-state index is -0.527. The normalized spacial score (nSPS) is 12.3. The van der Waals surface area contributed by atoms with E-state index in [9.17, 15) is 4.79 Å². The van der Waals surface area contributed by atoms with Gasteiger partial charge >= 0.3 is 6.09 Å². The van der Waals surface area contributed by atoms with Gasteiger partial charge in [-0.3, -0.25) is 10.4 Å². The molecule has 0 bridgehead atoms. The average molecular weight is 303 g/mol. The van der Waals surface area contributed by atoms with Gasteiger partial charge in [0.1, 0.15) is 5.69 Å². The summed E-state index contributed by atoms with van der Waals surface area (Å²) in [7, 11) is 1.33. The highest BCUT2D eigenvalue weighted by atomic mass is 16.7. The molecule has 2 aromatic rings. The molecular formula is C15H17N3O4. The summed E-state index contributed by atoms with van der Waals surface area (Å²) in [6, 6.07) is 5.55. The molecule has 7 nitrogen and oxygen atoms in total. The quantitative estimate of drug-likeness (QED) is 0.907. The van der Waals surface area contributed by atoms with E-state index in [0.717, 1.165) is 24.1 Å². The maximum atomic E-state index is 11.6. The van der Waals surface area contributed by atoms with Crippen molar-refractivity contribution in [1.82, 2.24) is 10.2 Å². The van der Waals surface area contributed by atoms with E-state index < -0.39 is 6.09 Å². The number of ether oxygens (including phenoxy) is 3. The van der Waals surface area contributed by atoms with Crippen LogP contribution in [0, 0.1) is 0 Å². The van der Waals surface area contributed by atoms with E-state index in [0.29, 0.717) is 22.9 Å². The van der Waals surface area contributed by atoms with Crippen LogP contribution in [-0.2, 0) is 11.2 Å². The van der Waals surface area contributed by atoms with Gasteiger partial charge in [0.05, 0.1) is 18.5 Å². The van der Waals surface area contributed by atoms with Gasteiger partial charge in [-0.1, -0.05) is 13.3 Å². The summed E-state index contributed by atoms with van der Waals surface area (Å²) < 4.78 is 15.4. The van der Waals surface area contributed by atoms with E-state index >= 15 is 0 Å². The lowest BCUT2D eigenvalue weighted by Crippen LogP contribution is -2.12. The number of H-pyrrole nitrogens is 1. The van der Waals surface area contributed by atoms with Crippen LogP contribution in [0.5, 0.6) is 11.5 Å². The van der Waals surface area contributed by atoms with Crippen LogP contribution in [0.1, 0.15) is 19.0 Å². The average Bonchev–Trinajstić information content (AvgIpc) is 3.14. The lowest BCUT2D eigenvalue weighted by atomic mass is 10.1. The van der Waals surface area contributed by atoms with Crippen LogP contribution in [0.2, 0.25) is 0 Å². The zero-order chi connectivity index (χ0) is 15.5. The van der Waals surface area contributed by atoms with Crippen molar-refractivity contribution < 1.29 is 19.0 Å². The lowest BCUT2D eigenvalue weighted by molar-refractivity contribution is 0.174. The molecule has 0 atom stereocenters. The summed E-state index contributed by atoms with van der Waals surface area (Å²) in [5.74, 6) is 1.37. The van der Waals surface area contributed by atoms with Crippen molar-refractivity contribution in [3.63, 3.8) is 0 Å². The Morgan fingerprint density at radius 1 is 1.41 bits per heavy atom. The number of nitrogens with zero attached hydrogens (tertiary/aromatic N) is 1. The number of rotatable bonds is 4. The summed E-state index contributed by atoms with van der Waals surface area (Å²) in [5.41, 5.74) is 2.97. The van der Waals surface area contributed by atoms with E-state index in [1.807, 2.05) is 18.2 Å². The number of carbonyl (C=O) groups is 1. The zero-order valence-electron chi connectivity index (χ0n) is 12.4. The Hall–Kier alpha value is -2.70. The van der Waals surface area contributed by atoms with Crippen LogP contribution in [0.25, 0.3) is 11.3 Å². The third-order valence-electron chi connectivity index (χ3n) is 3.40. The number of hydrogen-bond acceptors (Lipinski definition) is 5. The molecule has 1 aromatic carbocycles. The molecule has 0 unspecified atom stereocenters. The van der Waals surface area contributed by atoms with Gasteiger partial charge in [0, 0.05) is 5.56 Å². The molecule has 1 aliphatic rings. The molecule has 1 amide bonds. The maximum Gasteiger partial charge on any atom is 0.411 e. The number of nitrogens with one attached hydrogen (secondary N) is 2. The van der Waals surface area contributed by atoms with Crippen LogP contribution >= 0.6 is 0 Å². The Balaban J connectivity index is 2.00. The molecule has 22 heavy (non-hydrogen) atoms. The van der Waals surface area contributed by atoms with Gasteiger partial charge < -0.3 is 14.2 Å². The van der Waals surface area contributed by atoms with E-state index in [2.05, 4.69) is 27.2 Å². The minimum absolute atomic E-state index is 0.216. The second-order valence-electron chi connectivity index (χ2n) is 4.86. The highest BCUT2D eigenvalue weighted by Gasteiger charge is 2.20. The minimum Gasteiger partial charge on any atom is -0.454 e. The summed E-state index contributed by atoms with van der Waals surface area (Å²) in [5, 5.41) is 10.0. The van der Waals surface area contributed by atoms with Crippen molar-refractivity contribution in [2.75, 3.05) is 19.2 Å². The van der Waals surface area contributed by atoms with E-state index in [4.69, 9.17) is 9.47 Å². The highest BCUT2D eigenvalue weighted by Crippen LogP contribution is 2.38. The lowest BCUT2D eigenvalue weighted by Gasteiger charge is -2.07. The fraction of sp³-hybridized carbons (Fsp3) is 0.333. The standard InChI is InChI=1S/C15H17N3O4/c1-3-4-10-14(16-15(19)20-2)13(18-17-10)9-5-6-11-12(7-9)22-8-21-11/h5-7H,3-4,8H2,1-2H3,(H,16,19)(H,17,18). The fourth-order valence-electron chi connectivity index (χ4n) is 2.35. The molecule has 1 aliphatic heterocycles. The van der Waals surface area contributed by atoms with Gasteiger partial charge in [0.2, 0.25) is 6.79 Å². The zero-order valence-corrected chi connectivity index (χ0v) is 12.4. The molecule has 0 saturated heterocycles. The molecule has 0 aliphatic carbocycles. The van der Waals surface area contributed by atoms with Crippen LogP contribution in [0.3, 0.4) is 0 Å². The number of carbonyl (C=O) groups excluding carboxylic acids is 1. The van der Waals surface area contributed by atoms with Crippen molar-refractivity contribution in [2.24, 2.45) is 0 Å². The highest BCUT2D eigenvalue weighted by molar-refractivity contribution is 5.91. The van der Waals surface area contributed by atoms with Crippen molar-refractivity contribution in [1.29, 1.82) is 0 Å². The SMILES string of the molecule is CCCc1[nH]nc(-c2ccc3c(c2)OCO3)c1NC(=O)OC. The van der Waals surface area contributed by atoms with Crippen molar-refractivity contribution >= 4 is 11.8 Å². The Labute approximate surface area is 127 Å². The predicted molar refractivity (Wildman–Crippen MR) is 80.2 cm³/mol. The Morgan fingerprint density at radius 3 is 3.00 bits per heavy atom. The first-order chi connectivity index (χ1) is 10.7. The summed E-state index contributed by atoms with van der Waals surface area (Å²) in [6.45, 7) is 2.27. The summed E-state index contributed by atoms with van der Waals surface area (Å²) in [6.07, 6.45) is 1.18. The number of aryl methyl sites for hydroxylation is 1. The van der Waals surface area contributed by atoms with Crippen LogP contribution in [0.15, 0.2) is 18.2 Å². The van der Waals surface area contributed by atoms with Gasteiger partial charge in [-0.15, -0.1) is 0 Å². The molecule has 0 fully saturated rings. The number of methoxy groups -OCH3 is 1. The number of aromatic nitrogens is 2. The Morgan fingerprint density at radius 2 is 2.23 bits per heavy atom. The monoisotopic (exact) mass is 303 g/mol. The van der Waals surface area contributed by atoms with Crippen molar-refractivity contribution in [3.8, 4) is 22.8 Å². The van der Waals surface area contributed by atoms with E-state index in [1.165, 1.54) is 7.11 Å².